The lowest BCUT2D eigenvalue weighted by Crippen LogP contribution is -2.40. The second-order valence-electron chi connectivity index (χ2n) is 7.21. The van der Waals surface area contributed by atoms with Gasteiger partial charge >= 0.3 is 0 Å². The van der Waals surface area contributed by atoms with Crippen LogP contribution in [0.15, 0.2) is 4.99 Å². The van der Waals surface area contributed by atoms with Crippen LogP contribution in [0.2, 0.25) is 0 Å². The Balaban J connectivity index is 1.58. The van der Waals surface area contributed by atoms with Gasteiger partial charge in [0.25, 0.3) is 0 Å². The molecule has 0 bridgehead atoms. The van der Waals surface area contributed by atoms with Crippen LogP contribution in [0, 0.1) is 11.8 Å². The van der Waals surface area contributed by atoms with Gasteiger partial charge < -0.3 is 25.0 Å². The van der Waals surface area contributed by atoms with Crippen molar-refractivity contribution in [2.75, 3.05) is 65.7 Å². The van der Waals surface area contributed by atoms with Crippen LogP contribution in [0.4, 0.5) is 0 Å². The lowest BCUT2D eigenvalue weighted by atomic mass is 9.98. The van der Waals surface area contributed by atoms with Gasteiger partial charge in [-0.25, -0.2) is 0 Å². The van der Waals surface area contributed by atoms with E-state index in [1.54, 1.807) is 0 Å². The maximum absolute atomic E-state index is 5.75. The topological polar surface area (TPSA) is 58.1 Å². The summed E-state index contributed by atoms with van der Waals surface area (Å²) in [6.07, 6.45) is 4.76. The number of ether oxygens (including phenoxy) is 2. The zero-order valence-electron chi connectivity index (χ0n) is 16.3. The fourth-order valence-corrected chi connectivity index (χ4v) is 3.50. The first-order valence-electron chi connectivity index (χ1n) is 10.2. The molecule has 6 heteroatoms. The van der Waals surface area contributed by atoms with Gasteiger partial charge in [-0.2, -0.15) is 0 Å². The molecule has 0 aromatic rings. The van der Waals surface area contributed by atoms with E-state index in [4.69, 9.17) is 14.5 Å². The molecule has 0 aromatic carbocycles. The van der Waals surface area contributed by atoms with Crippen LogP contribution in [0.5, 0.6) is 0 Å². The minimum absolute atomic E-state index is 0.602. The van der Waals surface area contributed by atoms with Crippen molar-refractivity contribution in [2.45, 2.75) is 39.5 Å². The summed E-state index contributed by atoms with van der Waals surface area (Å²) in [5.41, 5.74) is 0. The molecule has 0 saturated carbocycles. The van der Waals surface area contributed by atoms with E-state index in [1.165, 1.54) is 25.9 Å². The van der Waals surface area contributed by atoms with Gasteiger partial charge in [-0.1, -0.05) is 6.92 Å². The lowest BCUT2D eigenvalue weighted by Gasteiger charge is -2.31. The van der Waals surface area contributed by atoms with Crippen molar-refractivity contribution in [3.63, 3.8) is 0 Å². The van der Waals surface area contributed by atoms with Crippen molar-refractivity contribution < 1.29 is 9.47 Å². The molecule has 2 heterocycles. The number of aliphatic imine (C=N–C) groups is 1. The van der Waals surface area contributed by atoms with E-state index < -0.39 is 0 Å². The summed E-state index contributed by atoms with van der Waals surface area (Å²) in [4.78, 5) is 7.34. The number of nitrogens with one attached hydrogen (secondary N) is 2. The van der Waals surface area contributed by atoms with Gasteiger partial charge in [-0.05, 0) is 51.6 Å². The van der Waals surface area contributed by atoms with Crippen molar-refractivity contribution in [1.29, 1.82) is 0 Å². The van der Waals surface area contributed by atoms with Gasteiger partial charge in [0.2, 0.25) is 0 Å². The Labute approximate surface area is 153 Å². The summed E-state index contributed by atoms with van der Waals surface area (Å²) in [5.74, 6) is 2.24. The lowest BCUT2D eigenvalue weighted by molar-refractivity contribution is 0.0888. The third-order valence-electron chi connectivity index (χ3n) is 5.04. The molecule has 2 aliphatic heterocycles. The number of hydrogen-bond acceptors (Lipinski definition) is 4. The molecular weight excluding hydrogens is 316 g/mol. The van der Waals surface area contributed by atoms with E-state index in [-0.39, 0.29) is 0 Å². The fourth-order valence-electron chi connectivity index (χ4n) is 3.50. The molecule has 0 spiro atoms. The molecule has 0 amide bonds. The number of nitrogens with zero attached hydrogens (tertiary/aromatic N) is 2. The van der Waals surface area contributed by atoms with Crippen molar-refractivity contribution in [3.05, 3.63) is 0 Å². The molecule has 146 valence electrons. The number of hydrogen-bond donors (Lipinski definition) is 2. The highest BCUT2D eigenvalue weighted by Crippen LogP contribution is 2.16. The molecule has 2 unspecified atom stereocenters. The second kappa shape index (κ2) is 12.5. The molecule has 6 nitrogen and oxygen atoms in total. The summed E-state index contributed by atoms with van der Waals surface area (Å²) in [6, 6.07) is 0. The Morgan fingerprint density at radius 2 is 2.16 bits per heavy atom. The zero-order chi connectivity index (χ0) is 17.7. The molecule has 2 saturated heterocycles. The van der Waals surface area contributed by atoms with E-state index in [0.717, 1.165) is 71.4 Å². The van der Waals surface area contributed by atoms with Crippen LogP contribution in [-0.2, 0) is 9.47 Å². The largest absolute Gasteiger partial charge is 0.381 e. The smallest absolute Gasteiger partial charge is 0.191 e. The average Bonchev–Trinajstić information content (AvgIpc) is 3.16. The molecular formula is C19H38N4O2. The molecule has 2 fully saturated rings. The molecule has 0 aliphatic carbocycles. The van der Waals surface area contributed by atoms with Crippen LogP contribution in [0.1, 0.15) is 39.5 Å². The molecule has 0 radical (unpaired) electrons. The summed E-state index contributed by atoms with van der Waals surface area (Å²) >= 11 is 0. The molecule has 0 aromatic heterocycles. The Morgan fingerprint density at radius 3 is 2.92 bits per heavy atom. The van der Waals surface area contributed by atoms with E-state index in [9.17, 15) is 0 Å². The first-order valence-corrected chi connectivity index (χ1v) is 10.2. The normalized spacial score (nSPS) is 25.3. The fraction of sp³-hybridized carbons (Fsp3) is 0.947. The van der Waals surface area contributed by atoms with Crippen LogP contribution in [0.25, 0.3) is 0 Å². The second-order valence-corrected chi connectivity index (χ2v) is 7.21. The Hall–Kier alpha value is -0.850. The Bertz CT molecular complexity index is 372. The minimum Gasteiger partial charge on any atom is -0.381 e. The van der Waals surface area contributed by atoms with Gasteiger partial charge in [0.1, 0.15) is 0 Å². The molecule has 2 N–H and O–H groups in total. The number of likely N-dealkylation sites (tertiary alicyclic amines) is 1. The maximum atomic E-state index is 5.75. The van der Waals surface area contributed by atoms with Crippen molar-refractivity contribution in [3.8, 4) is 0 Å². The predicted octanol–water partition coefficient (Wildman–Crippen LogP) is 1.72. The highest BCUT2D eigenvalue weighted by Gasteiger charge is 2.18. The maximum Gasteiger partial charge on any atom is 0.191 e. The highest BCUT2D eigenvalue weighted by atomic mass is 16.5. The number of guanidine groups is 1. The van der Waals surface area contributed by atoms with Gasteiger partial charge in [-0.15, -0.1) is 0 Å². The Kier molecular flexibility index (Phi) is 10.2. The van der Waals surface area contributed by atoms with Gasteiger partial charge in [-0.3, -0.25) is 4.99 Å². The van der Waals surface area contributed by atoms with Crippen LogP contribution >= 0.6 is 0 Å². The minimum atomic E-state index is 0.602. The number of rotatable bonds is 10. The molecule has 25 heavy (non-hydrogen) atoms. The van der Waals surface area contributed by atoms with Gasteiger partial charge in [0.15, 0.2) is 5.96 Å². The average molecular weight is 355 g/mol. The summed E-state index contributed by atoms with van der Waals surface area (Å²) in [6.45, 7) is 14.1. The third-order valence-corrected chi connectivity index (χ3v) is 5.04. The SMILES string of the molecule is CCNC(=NCC1CCCN(CC)C1)NCCCOCC1CCOC1. The summed E-state index contributed by atoms with van der Waals surface area (Å²) in [5, 5.41) is 6.79. The van der Waals surface area contributed by atoms with Gasteiger partial charge in [0, 0.05) is 45.3 Å². The monoisotopic (exact) mass is 354 g/mol. The quantitative estimate of drug-likeness (QED) is 0.355. The third kappa shape index (κ3) is 8.38. The zero-order valence-corrected chi connectivity index (χ0v) is 16.3. The molecule has 2 rings (SSSR count). The van der Waals surface area contributed by atoms with Crippen LogP contribution < -0.4 is 10.6 Å². The van der Waals surface area contributed by atoms with Crippen molar-refractivity contribution in [2.24, 2.45) is 16.8 Å². The van der Waals surface area contributed by atoms with E-state index in [1.807, 2.05) is 0 Å². The van der Waals surface area contributed by atoms with Crippen LogP contribution in [-0.4, -0.2) is 76.6 Å². The molecule has 2 aliphatic rings. The number of piperidine rings is 1. The van der Waals surface area contributed by atoms with E-state index in [0.29, 0.717) is 11.8 Å². The van der Waals surface area contributed by atoms with Crippen molar-refractivity contribution >= 4 is 5.96 Å². The standard InChI is InChI=1S/C19H38N4O2/c1-3-20-19(22-13-17-7-5-10-23(4-2)14-17)21-9-6-11-24-15-18-8-12-25-16-18/h17-18H,3-16H2,1-2H3,(H2,20,21,22). The predicted molar refractivity (Wildman–Crippen MR) is 103 cm³/mol. The van der Waals surface area contributed by atoms with Crippen molar-refractivity contribution in [1.82, 2.24) is 15.5 Å². The highest BCUT2D eigenvalue weighted by molar-refractivity contribution is 5.79. The summed E-state index contributed by atoms with van der Waals surface area (Å²) < 4.78 is 11.1. The first kappa shape index (κ1) is 20.5. The van der Waals surface area contributed by atoms with E-state index >= 15 is 0 Å². The summed E-state index contributed by atoms with van der Waals surface area (Å²) in [7, 11) is 0. The van der Waals surface area contributed by atoms with Crippen LogP contribution in [0.3, 0.4) is 0 Å². The molecule has 2 atom stereocenters. The Morgan fingerprint density at radius 1 is 1.24 bits per heavy atom. The van der Waals surface area contributed by atoms with Gasteiger partial charge in [0.05, 0.1) is 13.2 Å². The van der Waals surface area contributed by atoms with E-state index in [2.05, 4.69) is 29.4 Å². The first-order chi connectivity index (χ1) is 12.3.